The second-order valence-corrected chi connectivity index (χ2v) is 5.51. The predicted molar refractivity (Wildman–Crippen MR) is 92.7 cm³/mol. The van der Waals surface area contributed by atoms with Crippen LogP contribution in [0.2, 0.25) is 0 Å². The Morgan fingerprint density at radius 1 is 0.957 bits per heavy atom. The fourth-order valence-electron chi connectivity index (χ4n) is 2.48. The van der Waals surface area contributed by atoms with Gasteiger partial charge in [-0.3, -0.25) is 9.59 Å². The van der Waals surface area contributed by atoms with Gasteiger partial charge in [-0.1, -0.05) is 30.3 Å². The highest BCUT2D eigenvalue weighted by Crippen LogP contribution is 2.09. The average molecular weight is 319 g/mol. The summed E-state index contributed by atoms with van der Waals surface area (Å²) in [5.41, 5.74) is 6.66. The first-order valence-electron chi connectivity index (χ1n) is 8.41. The third kappa shape index (κ3) is 6.82. The van der Waals surface area contributed by atoms with Gasteiger partial charge in [-0.15, -0.1) is 0 Å². The molecule has 0 fully saturated rings. The van der Waals surface area contributed by atoms with Crippen LogP contribution in [0.3, 0.4) is 0 Å². The Hall–Kier alpha value is -1.88. The van der Waals surface area contributed by atoms with Crippen molar-refractivity contribution in [2.45, 2.75) is 39.7 Å². The largest absolute Gasteiger partial charge is 0.343 e. The number of carbonyl (C=O) groups excluding carboxylic acids is 2. The summed E-state index contributed by atoms with van der Waals surface area (Å²) in [5.74, 6) is 0.0599. The Kier molecular flexibility index (Phi) is 8.98. The zero-order valence-electron chi connectivity index (χ0n) is 14.3. The van der Waals surface area contributed by atoms with Crippen LogP contribution in [-0.2, 0) is 16.1 Å². The van der Waals surface area contributed by atoms with Crippen molar-refractivity contribution in [1.29, 1.82) is 0 Å². The van der Waals surface area contributed by atoms with E-state index in [9.17, 15) is 9.59 Å². The third-order valence-electron chi connectivity index (χ3n) is 3.87. The van der Waals surface area contributed by atoms with Gasteiger partial charge in [0.15, 0.2) is 0 Å². The van der Waals surface area contributed by atoms with Gasteiger partial charge < -0.3 is 15.5 Å². The first-order valence-corrected chi connectivity index (χ1v) is 8.41. The number of carbonyl (C=O) groups is 2. The van der Waals surface area contributed by atoms with Crippen molar-refractivity contribution in [2.75, 3.05) is 26.2 Å². The van der Waals surface area contributed by atoms with E-state index in [0.29, 0.717) is 32.7 Å². The number of hydrogen-bond acceptors (Lipinski definition) is 3. The fourth-order valence-corrected chi connectivity index (χ4v) is 2.48. The molecule has 0 aliphatic heterocycles. The highest BCUT2D eigenvalue weighted by molar-refractivity contribution is 5.83. The van der Waals surface area contributed by atoms with Crippen LogP contribution in [0.4, 0.5) is 0 Å². The minimum Gasteiger partial charge on any atom is -0.343 e. The number of rotatable bonds is 10. The third-order valence-corrected chi connectivity index (χ3v) is 3.87. The van der Waals surface area contributed by atoms with E-state index in [4.69, 9.17) is 5.73 Å². The van der Waals surface area contributed by atoms with E-state index in [1.807, 2.05) is 44.2 Å². The smallest absolute Gasteiger partial charge is 0.223 e. The molecule has 2 N–H and O–H groups in total. The van der Waals surface area contributed by atoms with Gasteiger partial charge in [0.1, 0.15) is 0 Å². The molecule has 5 nitrogen and oxygen atoms in total. The Balaban J connectivity index is 2.59. The molecule has 0 aliphatic rings. The summed E-state index contributed by atoms with van der Waals surface area (Å²) < 4.78 is 0. The van der Waals surface area contributed by atoms with E-state index in [1.165, 1.54) is 0 Å². The molecule has 0 atom stereocenters. The Bertz CT molecular complexity index is 472. The number of hydrogen-bond donors (Lipinski definition) is 1. The van der Waals surface area contributed by atoms with Crippen LogP contribution >= 0.6 is 0 Å². The molecule has 0 aliphatic carbocycles. The van der Waals surface area contributed by atoms with Gasteiger partial charge in [0.05, 0.1) is 0 Å². The zero-order valence-corrected chi connectivity index (χ0v) is 14.3. The second-order valence-electron chi connectivity index (χ2n) is 5.51. The number of nitrogens with zero attached hydrogens (tertiary/aromatic N) is 2. The Morgan fingerprint density at radius 3 is 2.04 bits per heavy atom. The lowest BCUT2D eigenvalue weighted by Crippen LogP contribution is -2.35. The molecule has 5 heteroatoms. The van der Waals surface area contributed by atoms with Crippen LogP contribution in [0.1, 0.15) is 38.7 Å². The van der Waals surface area contributed by atoms with Gasteiger partial charge in [-0.2, -0.15) is 0 Å². The first-order chi connectivity index (χ1) is 11.1. The molecule has 1 rings (SSSR count). The van der Waals surface area contributed by atoms with Gasteiger partial charge >= 0.3 is 0 Å². The molecule has 23 heavy (non-hydrogen) atoms. The van der Waals surface area contributed by atoms with E-state index in [0.717, 1.165) is 12.0 Å². The minimum absolute atomic E-state index is 0.0165. The molecule has 0 aromatic heterocycles. The summed E-state index contributed by atoms with van der Waals surface area (Å²) in [6.45, 7) is 7.02. The maximum absolute atomic E-state index is 12.5. The highest BCUT2D eigenvalue weighted by atomic mass is 16.2. The molecule has 0 radical (unpaired) electrons. The average Bonchev–Trinajstić information content (AvgIpc) is 2.58. The zero-order chi connectivity index (χ0) is 17.1. The fraction of sp³-hybridized carbons (Fsp3) is 0.556. The number of nitrogens with two attached hydrogens (primary N) is 1. The molecular weight excluding hydrogens is 290 g/mol. The lowest BCUT2D eigenvalue weighted by atomic mass is 10.2. The summed E-state index contributed by atoms with van der Waals surface area (Å²) in [6.07, 6.45) is 1.30. The van der Waals surface area contributed by atoms with Gasteiger partial charge in [0.2, 0.25) is 11.8 Å². The molecule has 0 heterocycles. The minimum atomic E-state index is 0.0165. The first kappa shape index (κ1) is 19.2. The van der Waals surface area contributed by atoms with Crippen LogP contribution in [0.25, 0.3) is 0 Å². The molecule has 0 saturated carbocycles. The number of amides is 2. The van der Waals surface area contributed by atoms with Crippen molar-refractivity contribution in [3.05, 3.63) is 35.9 Å². The maximum atomic E-state index is 12.5. The van der Waals surface area contributed by atoms with Gasteiger partial charge in [0, 0.05) is 39.0 Å². The van der Waals surface area contributed by atoms with Crippen molar-refractivity contribution in [3.63, 3.8) is 0 Å². The van der Waals surface area contributed by atoms with E-state index < -0.39 is 0 Å². The van der Waals surface area contributed by atoms with Crippen LogP contribution in [0, 0.1) is 0 Å². The van der Waals surface area contributed by atoms with E-state index in [1.54, 1.807) is 9.80 Å². The molecule has 1 aromatic rings. The summed E-state index contributed by atoms with van der Waals surface area (Å²) in [6, 6.07) is 9.89. The molecule has 2 amide bonds. The summed E-state index contributed by atoms with van der Waals surface area (Å²) in [4.78, 5) is 28.1. The van der Waals surface area contributed by atoms with Crippen molar-refractivity contribution in [3.8, 4) is 0 Å². The highest BCUT2D eigenvalue weighted by Gasteiger charge is 2.17. The lowest BCUT2D eigenvalue weighted by Gasteiger charge is -2.24. The molecule has 0 saturated heterocycles. The van der Waals surface area contributed by atoms with Crippen molar-refractivity contribution in [1.82, 2.24) is 9.80 Å². The molecule has 0 bridgehead atoms. The van der Waals surface area contributed by atoms with Crippen molar-refractivity contribution >= 4 is 11.8 Å². The summed E-state index contributed by atoms with van der Waals surface area (Å²) >= 11 is 0. The molecule has 0 unspecified atom stereocenters. The van der Waals surface area contributed by atoms with E-state index in [-0.39, 0.29) is 24.7 Å². The SMILES string of the molecule is CCN(CC)C(=O)CCC(=O)N(CCCN)Cc1ccccc1. The summed E-state index contributed by atoms with van der Waals surface area (Å²) in [7, 11) is 0. The molecule has 1 aromatic carbocycles. The topological polar surface area (TPSA) is 66.6 Å². The van der Waals surface area contributed by atoms with Crippen molar-refractivity contribution < 1.29 is 9.59 Å². The quantitative estimate of drug-likeness (QED) is 0.717. The van der Waals surface area contributed by atoms with Gasteiger partial charge in [-0.25, -0.2) is 0 Å². The van der Waals surface area contributed by atoms with Crippen molar-refractivity contribution in [2.24, 2.45) is 5.73 Å². The number of benzene rings is 1. The molecular formula is C18H29N3O2. The van der Waals surface area contributed by atoms with Gasteiger partial charge in [-0.05, 0) is 32.4 Å². The maximum Gasteiger partial charge on any atom is 0.223 e. The normalized spacial score (nSPS) is 10.4. The van der Waals surface area contributed by atoms with E-state index >= 15 is 0 Å². The standard InChI is InChI=1S/C18H29N3O2/c1-3-20(4-2)17(22)11-12-18(23)21(14-8-13-19)15-16-9-6-5-7-10-16/h5-7,9-10H,3-4,8,11-15,19H2,1-2H3. The predicted octanol–water partition coefficient (Wildman–Crippen LogP) is 2.01. The van der Waals surface area contributed by atoms with Crippen LogP contribution in [0.15, 0.2) is 30.3 Å². The van der Waals surface area contributed by atoms with Crippen LogP contribution < -0.4 is 5.73 Å². The summed E-state index contributed by atoms with van der Waals surface area (Å²) in [5, 5.41) is 0. The lowest BCUT2D eigenvalue weighted by molar-refractivity contribution is -0.137. The molecule has 128 valence electrons. The van der Waals surface area contributed by atoms with Gasteiger partial charge in [0.25, 0.3) is 0 Å². The Morgan fingerprint density at radius 2 is 1.52 bits per heavy atom. The monoisotopic (exact) mass is 319 g/mol. The van der Waals surface area contributed by atoms with E-state index in [2.05, 4.69) is 0 Å². The van der Waals surface area contributed by atoms with Crippen LogP contribution in [0.5, 0.6) is 0 Å². The second kappa shape index (κ2) is 10.8. The molecule has 0 spiro atoms. The Labute approximate surface area is 139 Å². The van der Waals surface area contributed by atoms with Crippen LogP contribution in [-0.4, -0.2) is 47.8 Å².